The van der Waals surface area contributed by atoms with E-state index in [0.717, 1.165) is 5.56 Å². The summed E-state index contributed by atoms with van der Waals surface area (Å²) in [7, 11) is -3.77. The molecule has 1 heterocycles. The van der Waals surface area contributed by atoms with Gasteiger partial charge in [0.15, 0.2) is 0 Å². The van der Waals surface area contributed by atoms with Crippen molar-refractivity contribution in [2.45, 2.75) is 62.4 Å². The van der Waals surface area contributed by atoms with Crippen molar-refractivity contribution < 1.29 is 27.5 Å². The van der Waals surface area contributed by atoms with E-state index in [2.05, 4.69) is 15.0 Å². The molecule has 0 spiro atoms. The Bertz CT molecular complexity index is 1390. The van der Waals surface area contributed by atoms with Crippen molar-refractivity contribution in [3.05, 3.63) is 71.7 Å². The van der Waals surface area contributed by atoms with Crippen molar-refractivity contribution in [2.24, 2.45) is 5.92 Å². The number of aromatic nitrogens is 1. The van der Waals surface area contributed by atoms with Crippen LogP contribution in [0.25, 0.3) is 10.9 Å². The average molecular weight is 528 g/mol. The van der Waals surface area contributed by atoms with E-state index in [1.165, 1.54) is 18.2 Å². The predicted octanol–water partition coefficient (Wildman–Crippen LogP) is 4.11. The molecule has 0 aliphatic heterocycles. The summed E-state index contributed by atoms with van der Waals surface area (Å²) in [6.45, 7) is 1.85. The molecule has 1 amide bonds. The van der Waals surface area contributed by atoms with E-state index < -0.39 is 16.0 Å². The number of carboxylic acids is 1. The number of amides is 1. The fourth-order valence-corrected chi connectivity index (χ4v) is 5.95. The number of halogens is 1. The van der Waals surface area contributed by atoms with Crippen molar-refractivity contribution in [2.75, 3.05) is 0 Å². The van der Waals surface area contributed by atoms with Gasteiger partial charge in [-0.25, -0.2) is 17.5 Å². The molecular formula is C27H30FN3O5S. The van der Waals surface area contributed by atoms with Gasteiger partial charge in [0.05, 0.1) is 22.9 Å². The van der Waals surface area contributed by atoms with E-state index in [1.807, 2.05) is 6.92 Å². The molecule has 3 N–H and O–H groups in total. The van der Waals surface area contributed by atoms with Crippen molar-refractivity contribution in [3.8, 4) is 0 Å². The summed E-state index contributed by atoms with van der Waals surface area (Å²) in [6.07, 6.45) is 2.51. The molecule has 3 aromatic rings. The van der Waals surface area contributed by atoms with Crippen LogP contribution in [0.1, 0.15) is 56.3 Å². The minimum absolute atomic E-state index is 0.0218. The van der Waals surface area contributed by atoms with Crippen LogP contribution in [-0.2, 0) is 26.0 Å². The van der Waals surface area contributed by atoms with Gasteiger partial charge in [0, 0.05) is 29.5 Å². The zero-order valence-corrected chi connectivity index (χ0v) is 21.3. The molecule has 1 fully saturated rings. The van der Waals surface area contributed by atoms with Gasteiger partial charge in [0.1, 0.15) is 5.82 Å². The number of hydrogen-bond acceptors (Lipinski definition) is 5. The molecule has 1 unspecified atom stereocenters. The molecule has 0 bridgehead atoms. The Morgan fingerprint density at radius 1 is 1.05 bits per heavy atom. The lowest BCUT2D eigenvalue weighted by atomic mass is 9.85. The number of carboxylic acid groups (broad SMARTS) is 1. The van der Waals surface area contributed by atoms with Gasteiger partial charge in [0.2, 0.25) is 15.9 Å². The number of aryl methyl sites for hydroxylation is 1. The van der Waals surface area contributed by atoms with Crippen LogP contribution in [-0.4, -0.2) is 36.4 Å². The Balaban J connectivity index is 1.32. The first-order valence-electron chi connectivity index (χ1n) is 12.3. The molecule has 1 saturated carbocycles. The maximum atomic E-state index is 13.1. The van der Waals surface area contributed by atoms with E-state index in [4.69, 9.17) is 5.11 Å². The zero-order valence-electron chi connectivity index (χ0n) is 20.5. The number of fused-ring (bicyclic) bond motifs is 1. The van der Waals surface area contributed by atoms with Crippen molar-refractivity contribution in [1.29, 1.82) is 0 Å². The summed E-state index contributed by atoms with van der Waals surface area (Å²) in [5.74, 6) is -1.51. The highest BCUT2D eigenvalue weighted by molar-refractivity contribution is 7.89. The van der Waals surface area contributed by atoms with Crippen LogP contribution in [0.15, 0.2) is 59.5 Å². The van der Waals surface area contributed by atoms with Crippen LogP contribution < -0.4 is 10.0 Å². The molecule has 0 saturated heterocycles. The van der Waals surface area contributed by atoms with Crippen molar-refractivity contribution in [3.63, 3.8) is 0 Å². The number of sulfonamides is 1. The molecular weight excluding hydrogens is 497 g/mol. The molecule has 0 radical (unpaired) electrons. The molecule has 1 atom stereocenters. The van der Waals surface area contributed by atoms with Crippen molar-refractivity contribution >= 4 is 32.8 Å². The summed E-state index contributed by atoms with van der Waals surface area (Å²) < 4.78 is 42.0. The van der Waals surface area contributed by atoms with Gasteiger partial charge >= 0.3 is 5.97 Å². The Labute approximate surface area is 215 Å². The highest BCUT2D eigenvalue weighted by atomic mass is 32.2. The summed E-state index contributed by atoms with van der Waals surface area (Å²) >= 11 is 0. The maximum Gasteiger partial charge on any atom is 0.303 e. The minimum Gasteiger partial charge on any atom is -0.481 e. The van der Waals surface area contributed by atoms with Gasteiger partial charge in [0.25, 0.3) is 0 Å². The third-order valence-corrected chi connectivity index (χ3v) is 8.29. The first kappa shape index (κ1) is 26.7. The molecule has 37 heavy (non-hydrogen) atoms. The standard InChI is InChI=1S/C27H30FN3O5S/c1-17(18-2-7-21(28)8-3-18)29-27(34)19-4-10-23(11-5-19)31-37(35,36)24-13-14-25-20(16-24)6-9-22(30-25)12-15-26(32)33/h2-3,6-9,13-14,16-17,19,23,31H,4-5,10-12,15H2,1H3,(H,29,34)(H,32,33). The number of nitrogens with zero attached hydrogens (tertiary/aromatic N) is 1. The lowest BCUT2D eigenvalue weighted by molar-refractivity contribution is -0.137. The molecule has 1 aliphatic rings. The maximum absolute atomic E-state index is 13.1. The van der Waals surface area contributed by atoms with Crippen LogP contribution in [0.2, 0.25) is 0 Å². The van der Waals surface area contributed by atoms with E-state index in [1.54, 1.807) is 36.4 Å². The van der Waals surface area contributed by atoms with Gasteiger partial charge in [-0.2, -0.15) is 0 Å². The largest absolute Gasteiger partial charge is 0.481 e. The topological polar surface area (TPSA) is 125 Å². The van der Waals surface area contributed by atoms with E-state index in [-0.39, 0.29) is 41.0 Å². The van der Waals surface area contributed by atoms with Crippen LogP contribution in [0.3, 0.4) is 0 Å². The molecule has 196 valence electrons. The number of rotatable bonds is 9. The molecule has 8 nitrogen and oxygen atoms in total. The van der Waals surface area contributed by atoms with Gasteiger partial charge in [-0.05, 0) is 74.6 Å². The summed E-state index contributed by atoms with van der Waals surface area (Å²) in [6, 6.07) is 13.6. The summed E-state index contributed by atoms with van der Waals surface area (Å²) in [5.41, 5.74) is 2.05. The van der Waals surface area contributed by atoms with E-state index in [0.29, 0.717) is 48.7 Å². The number of carbonyl (C=O) groups excluding carboxylic acids is 1. The van der Waals surface area contributed by atoms with Crippen LogP contribution in [0.4, 0.5) is 4.39 Å². The minimum atomic E-state index is -3.77. The third kappa shape index (κ3) is 6.90. The number of pyridine rings is 1. The van der Waals surface area contributed by atoms with Gasteiger partial charge in [-0.15, -0.1) is 0 Å². The van der Waals surface area contributed by atoms with Gasteiger partial charge in [-0.3, -0.25) is 14.6 Å². The fraction of sp³-hybridized carbons (Fsp3) is 0.370. The second-order valence-corrected chi connectivity index (χ2v) is 11.2. The molecule has 1 aliphatic carbocycles. The average Bonchev–Trinajstić information content (AvgIpc) is 2.87. The Morgan fingerprint density at radius 2 is 1.76 bits per heavy atom. The van der Waals surface area contributed by atoms with E-state index in [9.17, 15) is 22.4 Å². The first-order valence-corrected chi connectivity index (χ1v) is 13.8. The quantitative estimate of drug-likeness (QED) is 0.385. The molecule has 4 rings (SSSR count). The second kappa shape index (κ2) is 11.4. The van der Waals surface area contributed by atoms with Crippen LogP contribution in [0.5, 0.6) is 0 Å². The predicted molar refractivity (Wildman–Crippen MR) is 137 cm³/mol. The van der Waals surface area contributed by atoms with Gasteiger partial charge in [-0.1, -0.05) is 18.2 Å². The summed E-state index contributed by atoms with van der Waals surface area (Å²) in [4.78, 5) is 28.1. The monoisotopic (exact) mass is 527 g/mol. The number of hydrogen-bond donors (Lipinski definition) is 3. The Kier molecular flexibility index (Phi) is 8.19. The number of aliphatic carboxylic acids is 1. The Hall–Kier alpha value is -3.37. The third-order valence-electron chi connectivity index (χ3n) is 6.77. The van der Waals surface area contributed by atoms with Crippen molar-refractivity contribution in [1.82, 2.24) is 15.0 Å². The lowest BCUT2D eigenvalue weighted by Crippen LogP contribution is -2.41. The number of nitrogens with one attached hydrogen (secondary N) is 2. The summed E-state index contributed by atoms with van der Waals surface area (Å²) in [5, 5.41) is 12.5. The normalized spacial score (nSPS) is 18.9. The fourth-order valence-electron chi connectivity index (χ4n) is 4.61. The molecule has 1 aromatic heterocycles. The smallest absolute Gasteiger partial charge is 0.303 e. The van der Waals surface area contributed by atoms with Crippen LogP contribution >= 0.6 is 0 Å². The second-order valence-electron chi connectivity index (χ2n) is 9.50. The Morgan fingerprint density at radius 3 is 2.43 bits per heavy atom. The highest BCUT2D eigenvalue weighted by Gasteiger charge is 2.30. The number of carbonyl (C=O) groups is 2. The SMILES string of the molecule is CC(NC(=O)C1CCC(NS(=O)(=O)c2ccc3nc(CCC(=O)O)ccc3c2)CC1)c1ccc(F)cc1. The first-order chi connectivity index (χ1) is 17.6. The molecule has 2 aromatic carbocycles. The van der Waals surface area contributed by atoms with Gasteiger partial charge < -0.3 is 10.4 Å². The lowest BCUT2D eigenvalue weighted by Gasteiger charge is -2.29. The highest BCUT2D eigenvalue weighted by Crippen LogP contribution is 2.27. The van der Waals surface area contributed by atoms with E-state index >= 15 is 0 Å². The molecule has 10 heteroatoms. The van der Waals surface area contributed by atoms with Crippen LogP contribution in [0, 0.1) is 11.7 Å². The zero-order chi connectivity index (χ0) is 26.6. The number of benzene rings is 2.